The first kappa shape index (κ1) is 15.3. The SMILES string of the molecule is C[C@H]1NCCCC1N(C)/C=C\c1cc(C2CC2)ccc1C=O. The highest BCUT2D eigenvalue weighted by Gasteiger charge is 2.24. The molecule has 1 aliphatic carbocycles. The first-order valence-electron chi connectivity index (χ1n) is 8.41. The molecular weight excluding hydrogens is 272 g/mol. The fourth-order valence-electron chi connectivity index (χ4n) is 3.41. The number of hydrogen-bond donors (Lipinski definition) is 1. The first-order chi connectivity index (χ1) is 10.7. The molecule has 3 rings (SSSR count). The third-order valence-electron chi connectivity index (χ3n) is 5.02. The van der Waals surface area contributed by atoms with Gasteiger partial charge in [-0.3, -0.25) is 4.79 Å². The standard InChI is InChI=1S/C19H26N2O/c1-14-19(4-3-10-20-14)21(2)11-9-17-12-16(15-5-6-15)7-8-18(17)13-22/h7-9,11-15,19-20H,3-6,10H2,1-2H3/b11-9-/t14-,19?/m1/s1. The van der Waals surface area contributed by atoms with Gasteiger partial charge < -0.3 is 10.2 Å². The molecule has 1 aliphatic heterocycles. The lowest BCUT2D eigenvalue weighted by Gasteiger charge is -2.36. The first-order valence-corrected chi connectivity index (χ1v) is 8.41. The predicted octanol–water partition coefficient (Wildman–Crippen LogP) is 3.42. The highest BCUT2D eigenvalue weighted by atomic mass is 16.1. The van der Waals surface area contributed by atoms with Gasteiger partial charge in [-0.05, 0) is 68.5 Å². The molecule has 2 fully saturated rings. The van der Waals surface area contributed by atoms with Gasteiger partial charge in [-0.15, -0.1) is 0 Å². The van der Waals surface area contributed by atoms with Crippen molar-refractivity contribution in [2.45, 2.75) is 50.6 Å². The number of nitrogens with one attached hydrogen (secondary N) is 1. The topological polar surface area (TPSA) is 32.3 Å². The molecule has 0 spiro atoms. The molecule has 3 nitrogen and oxygen atoms in total. The molecule has 0 aromatic heterocycles. The molecule has 3 heteroatoms. The number of aldehydes is 1. The van der Waals surface area contributed by atoms with Crippen molar-refractivity contribution in [3.8, 4) is 0 Å². The second-order valence-electron chi connectivity index (χ2n) is 6.71. The second-order valence-corrected chi connectivity index (χ2v) is 6.71. The average Bonchev–Trinajstić information content (AvgIpc) is 3.37. The van der Waals surface area contributed by atoms with Gasteiger partial charge in [0, 0.05) is 24.7 Å². The maximum absolute atomic E-state index is 11.3. The van der Waals surface area contributed by atoms with Crippen molar-refractivity contribution in [3.63, 3.8) is 0 Å². The van der Waals surface area contributed by atoms with Gasteiger partial charge in [-0.2, -0.15) is 0 Å². The summed E-state index contributed by atoms with van der Waals surface area (Å²) in [5, 5.41) is 3.53. The van der Waals surface area contributed by atoms with Crippen molar-refractivity contribution < 1.29 is 4.79 Å². The van der Waals surface area contributed by atoms with E-state index in [0.29, 0.717) is 18.0 Å². The van der Waals surface area contributed by atoms with Crippen LogP contribution in [0.3, 0.4) is 0 Å². The van der Waals surface area contributed by atoms with Crippen molar-refractivity contribution in [2.24, 2.45) is 0 Å². The van der Waals surface area contributed by atoms with Crippen LogP contribution in [0.1, 0.15) is 60.0 Å². The van der Waals surface area contributed by atoms with Crippen molar-refractivity contribution in [3.05, 3.63) is 41.1 Å². The molecule has 0 amide bonds. The van der Waals surface area contributed by atoms with Crippen LogP contribution in [0.4, 0.5) is 0 Å². The average molecular weight is 298 g/mol. The van der Waals surface area contributed by atoms with Crippen LogP contribution in [0.15, 0.2) is 24.4 Å². The highest BCUT2D eigenvalue weighted by molar-refractivity contribution is 5.82. The van der Waals surface area contributed by atoms with Gasteiger partial charge in [0.05, 0.1) is 0 Å². The Hall–Kier alpha value is -1.61. The minimum Gasteiger partial charge on any atom is -0.376 e. The molecule has 0 radical (unpaired) electrons. The lowest BCUT2D eigenvalue weighted by molar-refractivity contribution is 0.112. The van der Waals surface area contributed by atoms with E-state index in [-0.39, 0.29) is 0 Å². The monoisotopic (exact) mass is 298 g/mol. The number of benzene rings is 1. The Balaban J connectivity index is 1.75. The van der Waals surface area contributed by atoms with Crippen LogP contribution in [0.25, 0.3) is 6.08 Å². The molecule has 1 saturated carbocycles. The Bertz CT molecular complexity index is 563. The van der Waals surface area contributed by atoms with E-state index >= 15 is 0 Å². The van der Waals surface area contributed by atoms with Crippen LogP contribution in [0, 0.1) is 0 Å². The summed E-state index contributed by atoms with van der Waals surface area (Å²) in [6.07, 6.45) is 10.2. The number of hydrogen-bond acceptors (Lipinski definition) is 3. The smallest absolute Gasteiger partial charge is 0.150 e. The minimum absolute atomic E-state index is 0.506. The van der Waals surface area contributed by atoms with Crippen LogP contribution in [-0.4, -0.2) is 36.9 Å². The molecule has 2 aliphatic rings. The lowest BCUT2D eigenvalue weighted by Crippen LogP contribution is -2.49. The largest absolute Gasteiger partial charge is 0.376 e. The number of carbonyl (C=O) groups is 1. The number of piperidine rings is 1. The second kappa shape index (κ2) is 6.66. The van der Waals surface area contributed by atoms with Gasteiger partial charge in [0.1, 0.15) is 0 Å². The normalized spacial score (nSPS) is 25.4. The molecule has 1 aromatic rings. The summed E-state index contributed by atoms with van der Waals surface area (Å²) in [6.45, 7) is 3.37. The van der Waals surface area contributed by atoms with Crippen LogP contribution in [0.5, 0.6) is 0 Å². The maximum atomic E-state index is 11.3. The Morgan fingerprint density at radius 1 is 1.23 bits per heavy atom. The van der Waals surface area contributed by atoms with Crippen LogP contribution in [0.2, 0.25) is 0 Å². The number of likely N-dealkylation sites (N-methyl/N-ethyl adjacent to an activating group) is 1. The zero-order chi connectivity index (χ0) is 15.5. The summed E-state index contributed by atoms with van der Waals surface area (Å²) in [6, 6.07) is 7.29. The van der Waals surface area contributed by atoms with Crippen molar-refractivity contribution >= 4 is 12.4 Å². The molecule has 1 heterocycles. The van der Waals surface area contributed by atoms with Crippen molar-refractivity contribution in [1.29, 1.82) is 0 Å². The Labute approximate surface area is 133 Å². The van der Waals surface area contributed by atoms with Crippen LogP contribution in [-0.2, 0) is 0 Å². The van der Waals surface area contributed by atoms with Crippen LogP contribution < -0.4 is 5.32 Å². The summed E-state index contributed by atoms with van der Waals surface area (Å²) >= 11 is 0. The molecule has 22 heavy (non-hydrogen) atoms. The summed E-state index contributed by atoms with van der Waals surface area (Å²) in [5.41, 5.74) is 3.20. The molecule has 0 bridgehead atoms. The van der Waals surface area contributed by atoms with E-state index in [0.717, 1.165) is 24.0 Å². The fourth-order valence-corrected chi connectivity index (χ4v) is 3.41. The van der Waals surface area contributed by atoms with Crippen molar-refractivity contribution in [1.82, 2.24) is 10.2 Å². The summed E-state index contributed by atoms with van der Waals surface area (Å²) < 4.78 is 0. The van der Waals surface area contributed by atoms with E-state index < -0.39 is 0 Å². The molecule has 1 unspecified atom stereocenters. The molecule has 2 atom stereocenters. The Morgan fingerprint density at radius 3 is 2.73 bits per heavy atom. The third-order valence-corrected chi connectivity index (χ3v) is 5.02. The molecule has 1 saturated heterocycles. The highest BCUT2D eigenvalue weighted by Crippen LogP contribution is 2.40. The summed E-state index contributed by atoms with van der Waals surface area (Å²) in [4.78, 5) is 13.6. The molecule has 1 aromatic carbocycles. The number of carbonyl (C=O) groups excluding carboxylic acids is 1. The van der Waals surface area contributed by atoms with Gasteiger partial charge in [-0.1, -0.05) is 18.2 Å². The van der Waals surface area contributed by atoms with E-state index in [1.54, 1.807) is 0 Å². The van der Waals surface area contributed by atoms with Crippen LogP contribution >= 0.6 is 0 Å². The minimum atomic E-state index is 0.506. The zero-order valence-corrected chi connectivity index (χ0v) is 13.6. The van der Waals surface area contributed by atoms with Gasteiger partial charge >= 0.3 is 0 Å². The van der Waals surface area contributed by atoms with Crippen molar-refractivity contribution in [2.75, 3.05) is 13.6 Å². The molecule has 1 N–H and O–H groups in total. The van der Waals surface area contributed by atoms with E-state index in [9.17, 15) is 4.79 Å². The zero-order valence-electron chi connectivity index (χ0n) is 13.6. The maximum Gasteiger partial charge on any atom is 0.150 e. The van der Waals surface area contributed by atoms with E-state index in [2.05, 4.69) is 48.6 Å². The third kappa shape index (κ3) is 3.41. The van der Waals surface area contributed by atoms with Gasteiger partial charge in [0.2, 0.25) is 0 Å². The number of rotatable bonds is 5. The van der Waals surface area contributed by atoms with Gasteiger partial charge in [-0.25, -0.2) is 0 Å². The molecular formula is C19H26N2O. The number of nitrogens with zero attached hydrogens (tertiary/aromatic N) is 1. The summed E-state index contributed by atoms with van der Waals surface area (Å²) in [7, 11) is 2.13. The van der Waals surface area contributed by atoms with E-state index in [1.165, 1.54) is 31.2 Å². The van der Waals surface area contributed by atoms with Gasteiger partial charge in [0.25, 0.3) is 0 Å². The summed E-state index contributed by atoms with van der Waals surface area (Å²) in [5.74, 6) is 0.716. The Kier molecular flexibility index (Phi) is 4.63. The van der Waals surface area contributed by atoms with E-state index in [1.807, 2.05) is 6.07 Å². The fraction of sp³-hybridized carbons (Fsp3) is 0.526. The predicted molar refractivity (Wildman–Crippen MR) is 91.1 cm³/mol. The molecule has 118 valence electrons. The quantitative estimate of drug-likeness (QED) is 0.845. The lowest BCUT2D eigenvalue weighted by atomic mass is 9.98. The Morgan fingerprint density at radius 2 is 2.05 bits per heavy atom. The van der Waals surface area contributed by atoms with E-state index in [4.69, 9.17) is 0 Å². The van der Waals surface area contributed by atoms with Gasteiger partial charge in [0.15, 0.2) is 6.29 Å².